The number of benzene rings is 1. The number of hydrogen-bond donors (Lipinski definition) is 1. The summed E-state index contributed by atoms with van der Waals surface area (Å²) in [5.41, 5.74) is 0.223. The predicted molar refractivity (Wildman–Crippen MR) is 42.0 cm³/mol. The van der Waals surface area contributed by atoms with Crippen molar-refractivity contribution in [3.63, 3.8) is 0 Å². The number of furan rings is 1. The first-order valence-electron chi connectivity index (χ1n) is 3.40. The Labute approximate surface area is 68.2 Å². The monoisotopic (exact) mass is 161 g/mol. The van der Waals surface area contributed by atoms with Crippen LogP contribution in [0, 0.1) is 6.26 Å². The van der Waals surface area contributed by atoms with Crippen LogP contribution in [0.5, 0.6) is 0 Å². The molecule has 3 nitrogen and oxygen atoms in total. The van der Waals surface area contributed by atoms with Gasteiger partial charge in [0.25, 0.3) is 0 Å². The van der Waals surface area contributed by atoms with Gasteiger partial charge in [-0.25, -0.2) is 4.79 Å². The maximum atomic E-state index is 10.7. The molecule has 0 spiro atoms. The van der Waals surface area contributed by atoms with Gasteiger partial charge in [0.05, 0.1) is 11.8 Å². The quantitative estimate of drug-likeness (QED) is 0.695. The third-order valence-electron chi connectivity index (χ3n) is 1.67. The lowest BCUT2D eigenvalue weighted by molar-refractivity contribution is 0.0699. The van der Waals surface area contributed by atoms with Crippen molar-refractivity contribution in [1.82, 2.24) is 0 Å². The molecule has 12 heavy (non-hydrogen) atoms. The van der Waals surface area contributed by atoms with E-state index >= 15 is 0 Å². The summed E-state index contributed by atoms with van der Waals surface area (Å²) in [5.74, 6) is -0.960. The maximum Gasteiger partial charge on any atom is 0.336 e. The van der Waals surface area contributed by atoms with Crippen LogP contribution in [0.3, 0.4) is 0 Å². The molecule has 0 bridgehead atoms. The van der Waals surface area contributed by atoms with E-state index in [4.69, 9.17) is 9.52 Å². The molecule has 1 N–H and O–H groups in total. The first kappa shape index (κ1) is 6.91. The van der Waals surface area contributed by atoms with Crippen LogP contribution in [0.15, 0.2) is 28.9 Å². The third kappa shape index (κ3) is 0.871. The number of carbonyl (C=O) groups is 1. The number of carboxylic acids is 1. The second kappa shape index (κ2) is 2.37. The fraction of sp³-hybridized carbons (Fsp3) is 0. The summed E-state index contributed by atoms with van der Waals surface area (Å²) in [6.45, 7) is 0. The van der Waals surface area contributed by atoms with Crippen molar-refractivity contribution in [2.75, 3.05) is 0 Å². The summed E-state index contributed by atoms with van der Waals surface area (Å²) in [5, 5.41) is 10.0. The van der Waals surface area contributed by atoms with Crippen molar-refractivity contribution < 1.29 is 14.3 Å². The minimum atomic E-state index is -0.960. The van der Waals surface area contributed by atoms with Crippen molar-refractivity contribution in [3.05, 3.63) is 36.3 Å². The van der Waals surface area contributed by atoms with E-state index in [9.17, 15) is 4.79 Å². The average molecular weight is 161 g/mol. The van der Waals surface area contributed by atoms with E-state index in [0.717, 1.165) is 5.39 Å². The highest BCUT2D eigenvalue weighted by atomic mass is 16.4. The highest BCUT2D eigenvalue weighted by Gasteiger charge is 2.08. The minimum absolute atomic E-state index is 0.223. The zero-order valence-corrected chi connectivity index (χ0v) is 6.07. The lowest BCUT2D eigenvalue weighted by atomic mass is 10.1. The van der Waals surface area contributed by atoms with Crippen molar-refractivity contribution in [2.45, 2.75) is 0 Å². The van der Waals surface area contributed by atoms with Gasteiger partial charge in [-0.1, -0.05) is 12.1 Å². The molecule has 0 fully saturated rings. The highest BCUT2D eigenvalue weighted by Crippen LogP contribution is 2.18. The first-order chi connectivity index (χ1) is 5.79. The molecule has 3 heteroatoms. The average Bonchev–Trinajstić information content (AvgIpc) is 2.49. The van der Waals surface area contributed by atoms with Crippen molar-refractivity contribution in [3.8, 4) is 0 Å². The van der Waals surface area contributed by atoms with E-state index in [2.05, 4.69) is 6.26 Å². The Morgan fingerprint density at radius 1 is 1.50 bits per heavy atom. The van der Waals surface area contributed by atoms with Crippen LogP contribution in [0.4, 0.5) is 0 Å². The van der Waals surface area contributed by atoms with Gasteiger partial charge in [-0.05, 0) is 6.07 Å². The maximum absolute atomic E-state index is 10.7. The summed E-state index contributed by atoms with van der Waals surface area (Å²) in [6, 6.07) is 4.98. The van der Waals surface area contributed by atoms with Crippen LogP contribution in [0.25, 0.3) is 10.8 Å². The zero-order chi connectivity index (χ0) is 8.55. The van der Waals surface area contributed by atoms with Gasteiger partial charge in [0.15, 0.2) is 6.26 Å². The molecule has 1 heterocycles. The minimum Gasteiger partial charge on any atom is -0.478 e. The molecule has 0 saturated carbocycles. The lowest BCUT2D eigenvalue weighted by Gasteiger charge is -1.93. The smallest absolute Gasteiger partial charge is 0.336 e. The molecule has 0 saturated heterocycles. The number of rotatable bonds is 1. The van der Waals surface area contributed by atoms with E-state index in [-0.39, 0.29) is 5.56 Å². The molecular formula is C9H5O3. The van der Waals surface area contributed by atoms with Gasteiger partial charge >= 0.3 is 5.97 Å². The van der Waals surface area contributed by atoms with Crippen LogP contribution in [-0.4, -0.2) is 11.1 Å². The van der Waals surface area contributed by atoms with Gasteiger partial charge < -0.3 is 9.52 Å². The van der Waals surface area contributed by atoms with Gasteiger partial charge in [-0.15, -0.1) is 0 Å². The summed E-state index contributed by atoms with van der Waals surface area (Å²) in [6.07, 6.45) is 3.99. The van der Waals surface area contributed by atoms with Gasteiger partial charge in [-0.2, -0.15) is 0 Å². The van der Waals surface area contributed by atoms with Crippen LogP contribution < -0.4 is 0 Å². The molecule has 59 valence electrons. The van der Waals surface area contributed by atoms with E-state index < -0.39 is 5.97 Å². The van der Waals surface area contributed by atoms with Crippen molar-refractivity contribution in [2.24, 2.45) is 0 Å². The lowest BCUT2D eigenvalue weighted by Crippen LogP contribution is -1.95. The van der Waals surface area contributed by atoms with Crippen LogP contribution in [-0.2, 0) is 0 Å². The Morgan fingerprint density at radius 2 is 2.33 bits per heavy atom. The van der Waals surface area contributed by atoms with Gasteiger partial charge in [0.2, 0.25) is 0 Å². The number of hydrogen-bond acceptors (Lipinski definition) is 2. The van der Waals surface area contributed by atoms with Crippen LogP contribution in [0.1, 0.15) is 10.4 Å². The Balaban J connectivity index is 2.82. The van der Waals surface area contributed by atoms with Gasteiger partial charge in [0, 0.05) is 10.8 Å². The molecule has 0 atom stereocenters. The van der Waals surface area contributed by atoms with Crippen LogP contribution >= 0.6 is 0 Å². The summed E-state index contributed by atoms with van der Waals surface area (Å²) in [4.78, 5) is 10.7. The SMILES string of the molecule is O=C(O)c1cccc2co[c]c12. The fourth-order valence-corrected chi connectivity index (χ4v) is 1.11. The largest absolute Gasteiger partial charge is 0.478 e. The van der Waals surface area contributed by atoms with Gasteiger partial charge in [0.1, 0.15) is 0 Å². The first-order valence-corrected chi connectivity index (χ1v) is 3.40. The van der Waals surface area contributed by atoms with Gasteiger partial charge in [-0.3, -0.25) is 0 Å². The number of aromatic carboxylic acids is 1. The molecule has 1 aromatic carbocycles. The standard InChI is InChI=1S/C9H5O3/c10-9(11)7-3-1-2-6-4-12-5-8(6)7/h1-4H,(H,10,11). The Bertz CT molecular complexity index is 428. The van der Waals surface area contributed by atoms with E-state index in [1.807, 2.05) is 0 Å². The molecule has 2 rings (SSSR count). The molecule has 0 aliphatic carbocycles. The van der Waals surface area contributed by atoms with E-state index in [1.54, 1.807) is 12.1 Å². The molecule has 0 unspecified atom stereocenters. The fourth-order valence-electron chi connectivity index (χ4n) is 1.11. The summed E-state index contributed by atoms with van der Waals surface area (Å²) in [7, 11) is 0. The predicted octanol–water partition coefficient (Wildman–Crippen LogP) is 1.93. The topological polar surface area (TPSA) is 50.4 Å². The normalized spacial score (nSPS) is 10.3. The van der Waals surface area contributed by atoms with Crippen molar-refractivity contribution >= 4 is 16.7 Å². The third-order valence-corrected chi connectivity index (χ3v) is 1.67. The molecule has 2 aromatic rings. The molecule has 0 aliphatic rings. The molecule has 1 radical (unpaired) electrons. The second-order valence-electron chi connectivity index (χ2n) is 2.41. The number of fused-ring (bicyclic) bond motifs is 1. The van der Waals surface area contributed by atoms with Crippen LogP contribution in [0.2, 0.25) is 0 Å². The van der Waals surface area contributed by atoms with E-state index in [1.165, 1.54) is 12.3 Å². The Hall–Kier alpha value is -1.77. The number of carboxylic acid groups (broad SMARTS) is 1. The second-order valence-corrected chi connectivity index (χ2v) is 2.41. The Morgan fingerprint density at radius 3 is 3.08 bits per heavy atom. The Kier molecular flexibility index (Phi) is 1.37. The molecule has 0 aliphatic heterocycles. The summed E-state index contributed by atoms with van der Waals surface area (Å²) < 4.78 is 4.77. The van der Waals surface area contributed by atoms with E-state index in [0.29, 0.717) is 5.39 Å². The zero-order valence-electron chi connectivity index (χ0n) is 6.07. The summed E-state index contributed by atoms with van der Waals surface area (Å²) >= 11 is 0. The highest BCUT2D eigenvalue weighted by molar-refractivity contribution is 6.02. The molecule has 1 aromatic heterocycles. The van der Waals surface area contributed by atoms with Crippen molar-refractivity contribution in [1.29, 1.82) is 0 Å². The molecular weight excluding hydrogens is 156 g/mol. The molecule has 0 amide bonds.